The Morgan fingerprint density at radius 2 is 1.84 bits per heavy atom. The summed E-state index contributed by atoms with van der Waals surface area (Å²) in [6.07, 6.45) is 7.65. The van der Waals surface area contributed by atoms with E-state index in [4.69, 9.17) is 16.3 Å². The van der Waals surface area contributed by atoms with Crippen LogP contribution in [0.1, 0.15) is 51.0 Å². The van der Waals surface area contributed by atoms with Crippen molar-refractivity contribution in [1.82, 2.24) is 5.32 Å². The maximum atomic E-state index is 6.19. The first-order valence-corrected chi connectivity index (χ1v) is 7.71. The van der Waals surface area contributed by atoms with E-state index in [1.807, 2.05) is 19.2 Å². The summed E-state index contributed by atoms with van der Waals surface area (Å²) in [7, 11) is 1.93. The Morgan fingerprint density at radius 3 is 2.53 bits per heavy atom. The van der Waals surface area contributed by atoms with E-state index in [-0.39, 0.29) is 0 Å². The minimum atomic E-state index is 0.707. The first kappa shape index (κ1) is 16.3. The highest BCUT2D eigenvalue weighted by Crippen LogP contribution is 2.25. The molecule has 0 saturated heterocycles. The van der Waals surface area contributed by atoms with Gasteiger partial charge in [0.05, 0.1) is 11.6 Å². The number of unbranched alkanes of at least 4 members (excludes halogenated alkanes) is 5. The molecule has 1 aromatic rings. The lowest BCUT2D eigenvalue weighted by molar-refractivity contribution is 0.304. The summed E-state index contributed by atoms with van der Waals surface area (Å²) in [6.45, 7) is 3.83. The molecule has 0 fully saturated rings. The van der Waals surface area contributed by atoms with Gasteiger partial charge in [-0.05, 0) is 31.2 Å². The van der Waals surface area contributed by atoms with E-state index in [0.717, 1.165) is 25.3 Å². The molecule has 0 amide bonds. The minimum Gasteiger partial charge on any atom is -0.492 e. The molecule has 0 aromatic heterocycles. The molecular weight excluding hydrogens is 258 g/mol. The van der Waals surface area contributed by atoms with E-state index in [2.05, 4.69) is 18.3 Å². The second kappa shape index (κ2) is 10.1. The van der Waals surface area contributed by atoms with Gasteiger partial charge in [0, 0.05) is 6.54 Å². The van der Waals surface area contributed by atoms with E-state index < -0.39 is 0 Å². The third kappa shape index (κ3) is 6.84. The van der Waals surface area contributed by atoms with Gasteiger partial charge >= 0.3 is 0 Å². The Hall–Kier alpha value is -0.730. The number of benzene rings is 1. The quantitative estimate of drug-likeness (QED) is 0.623. The highest BCUT2D eigenvalue weighted by atomic mass is 35.5. The Labute approximate surface area is 122 Å². The standard InChI is InChI=1S/C16H26ClNO/c1-3-4-5-6-7-8-11-19-16-10-9-14(13-18-2)12-15(16)17/h9-10,12,18H,3-8,11,13H2,1-2H3. The maximum absolute atomic E-state index is 6.19. The van der Waals surface area contributed by atoms with Crippen LogP contribution in [-0.4, -0.2) is 13.7 Å². The monoisotopic (exact) mass is 283 g/mol. The highest BCUT2D eigenvalue weighted by molar-refractivity contribution is 6.32. The van der Waals surface area contributed by atoms with Gasteiger partial charge in [-0.15, -0.1) is 0 Å². The second-order valence-electron chi connectivity index (χ2n) is 4.91. The van der Waals surface area contributed by atoms with Crippen LogP contribution in [0, 0.1) is 0 Å². The Bertz CT molecular complexity index is 355. The molecule has 0 unspecified atom stereocenters. The molecule has 0 atom stereocenters. The predicted octanol–water partition coefficient (Wildman–Crippen LogP) is 4.80. The van der Waals surface area contributed by atoms with Crippen molar-refractivity contribution in [2.24, 2.45) is 0 Å². The lowest BCUT2D eigenvalue weighted by Crippen LogP contribution is -2.05. The highest BCUT2D eigenvalue weighted by Gasteiger charge is 2.02. The Kier molecular flexibility index (Phi) is 8.68. The molecule has 0 aliphatic carbocycles. The van der Waals surface area contributed by atoms with Crippen LogP contribution in [0.5, 0.6) is 5.75 Å². The zero-order valence-electron chi connectivity index (χ0n) is 12.2. The molecule has 1 aromatic carbocycles. The fraction of sp³-hybridized carbons (Fsp3) is 0.625. The smallest absolute Gasteiger partial charge is 0.137 e. The van der Waals surface area contributed by atoms with Crippen LogP contribution in [0.25, 0.3) is 0 Å². The molecular formula is C16H26ClNO. The summed E-state index contributed by atoms with van der Waals surface area (Å²) < 4.78 is 5.72. The van der Waals surface area contributed by atoms with Crippen LogP contribution in [0.4, 0.5) is 0 Å². The summed E-state index contributed by atoms with van der Waals surface area (Å²) >= 11 is 6.19. The van der Waals surface area contributed by atoms with Gasteiger partial charge in [0.25, 0.3) is 0 Å². The molecule has 2 nitrogen and oxygen atoms in total. The van der Waals surface area contributed by atoms with Crippen molar-refractivity contribution in [2.45, 2.75) is 52.0 Å². The number of nitrogens with one attached hydrogen (secondary N) is 1. The molecule has 0 saturated carbocycles. The van der Waals surface area contributed by atoms with E-state index >= 15 is 0 Å². The van der Waals surface area contributed by atoms with Gasteiger partial charge in [0.1, 0.15) is 5.75 Å². The van der Waals surface area contributed by atoms with Crippen LogP contribution < -0.4 is 10.1 Å². The van der Waals surface area contributed by atoms with Crippen molar-refractivity contribution >= 4 is 11.6 Å². The largest absolute Gasteiger partial charge is 0.492 e. The van der Waals surface area contributed by atoms with Crippen LogP contribution in [0.2, 0.25) is 5.02 Å². The second-order valence-corrected chi connectivity index (χ2v) is 5.32. The first-order valence-electron chi connectivity index (χ1n) is 7.33. The molecule has 0 heterocycles. The zero-order chi connectivity index (χ0) is 13.9. The average molecular weight is 284 g/mol. The minimum absolute atomic E-state index is 0.707. The summed E-state index contributed by atoms with van der Waals surface area (Å²) in [5, 5.41) is 3.81. The third-order valence-electron chi connectivity index (χ3n) is 3.13. The van der Waals surface area contributed by atoms with Crippen LogP contribution in [0.15, 0.2) is 18.2 Å². The Morgan fingerprint density at radius 1 is 1.11 bits per heavy atom. The zero-order valence-corrected chi connectivity index (χ0v) is 12.9. The van der Waals surface area contributed by atoms with E-state index in [1.165, 1.54) is 37.7 Å². The fourth-order valence-electron chi connectivity index (χ4n) is 2.04. The third-order valence-corrected chi connectivity index (χ3v) is 3.43. The van der Waals surface area contributed by atoms with Crippen LogP contribution >= 0.6 is 11.6 Å². The molecule has 0 aliphatic rings. The van der Waals surface area contributed by atoms with Gasteiger partial charge in [0.15, 0.2) is 0 Å². The maximum Gasteiger partial charge on any atom is 0.137 e. The van der Waals surface area contributed by atoms with Gasteiger partial charge in [0.2, 0.25) is 0 Å². The average Bonchev–Trinajstić information content (AvgIpc) is 2.40. The molecule has 0 bridgehead atoms. The summed E-state index contributed by atoms with van der Waals surface area (Å²) in [4.78, 5) is 0. The molecule has 0 aliphatic heterocycles. The number of hydrogen-bond acceptors (Lipinski definition) is 2. The van der Waals surface area contributed by atoms with Gasteiger partial charge in [-0.3, -0.25) is 0 Å². The first-order chi connectivity index (χ1) is 9.27. The lowest BCUT2D eigenvalue weighted by atomic mass is 10.1. The normalized spacial score (nSPS) is 10.7. The number of hydrogen-bond donors (Lipinski definition) is 1. The van der Waals surface area contributed by atoms with Crippen molar-refractivity contribution < 1.29 is 4.74 Å². The van der Waals surface area contributed by atoms with Crippen molar-refractivity contribution in [3.05, 3.63) is 28.8 Å². The van der Waals surface area contributed by atoms with Crippen LogP contribution in [-0.2, 0) is 6.54 Å². The van der Waals surface area contributed by atoms with Gasteiger partial charge < -0.3 is 10.1 Å². The fourth-order valence-corrected chi connectivity index (χ4v) is 2.30. The number of ether oxygens (including phenoxy) is 1. The topological polar surface area (TPSA) is 21.3 Å². The van der Waals surface area contributed by atoms with Gasteiger partial charge in [-0.2, -0.15) is 0 Å². The van der Waals surface area contributed by atoms with Crippen molar-refractivity contribution in [3.8, 4) is 5.75 Å². The predicted molar refractivity (Wildman–Crippen MR) is 83.1 cm³/mol. The van der Waals surface area contributed by atoms with E-state index in [9.17, 15) is 0 Å². The molecule has 108 valence electrons. The molecule has 0 spiro atoms. The van der Waals surface area contributed by atoms with Crippen LogP contribution in [0.3, 0.4) is 0 Å². The molecule has 1 N–H and O–H groups in total. The molecule has 0 radical (unpaired) electrons. The van der Waals surface area contributed by atoms with Gasteiger partial charge in [-0.25, -0.2) is 0 Å². The summed E-state index contributed by atoms with van der Waals surface area (Å²) in [5.74, 6) is 0.801. The van der Waals surface area contributed by atoms with Gasteiger partial charge in [-0.1, -0.05) is 56.7 Å². The summed E-state index contributed by atoms with van der Waals surface area (Å²) in [5.41, 5.74) is 1.18. The van der Waals surface area contributed by atoms with E-state index in [0.29, 0.717) is 5.02 Å². The van der Waals surface area contributed by atoms with Crippen molar-refractivity contribution in [2.75, 3.05) is 13.7 Å². The molecule has 3 heteroatoms. The van der Waals surface area contributed by atoms with E-state index in [1.54, 1.807) is 0 Å². The summed E-state index contributed by atoms with van der Waals surface area (Å²) in [6, 6.07) is 5.99. The van der Waals surface area contributed by atoms with Crippen molar-refractivity contribution in [1.29, 1.82) is 0 Å². The molecule has 1 rings (SSSR count). The lowest BCUT2D eigenvalue weighted by Gasteiger charge is -2.09. The number of rotatable bonds is 10. The Balaban J connectivity index is 2.22. The number of halogens is 1. The van der Waals surface area contributed by atoms with Crippen molar-refractivity contribution in [3.63, 3.8) is 0 Å². The SMILES string of the molecule is CCCCCCCCOc1ccc(CNC)cc1Cl. The molecule has 19 heavy (non-hydrogen) atoms.